The highest BCUT2D eigenvalue weighted by molar-refractivity contribution is 14.0. The lowest BCUT2D eigenvalue weighted by Crippen LogP contribution is -2.40. The number of ether oxygens (including phenoxy) is 2. The standard InChI is InChI=1S/C21H34N4O2.HI/c1-3-22-21(25(2)11-8-17-9-12-26-13-10-17)24-15-19-6-7-20(23-14-19)27-16-18-4-5-18;/h6-7,14,17-18H,3-5,8-13,15-16H2,1-2H3,(H,22,24);1H. The Morgan fingerprint density at radius 1 is 1.25 bits per heavy atom. The van der Waals surface area contributed by atoms with Gasteiger partial charge in [-0.2, -0.15) is 0 Å². The molecule has 2 heterocycles. The number of guanidine groups is 1. The van der Waals surface area contributed by atoms with Gasteiger partial charge in [-0.15, -0.1) is 24.0 Å². The van der Waals surface area contributed by atoms with E-state index in [4.69, 9.17) is 14.5 Å². The average molecular weight is 502 g/mol. The van der Waals surface area contributed by atoms with Crippen LogP contribution in [0.1, 0.15) is 44.6 Å². The molecule has 0 atom stereocenters. The number of hydrogen-bond acceptors (Lipinski definition) is 4. The van der Waals surface area contributed by atoms with Crippen molar-refractivity contribution in [3.8, 4) is 5.88 Å². The number of pyridine rings is 1. The van der Waals surface area contributed by atoms with Crippen molar-refractivity contribution >= 4 is 29.9 Å². The smallest absolute Gasteiger partial charge is 0.213 e. The van der Waals surface area contributed by atoms with Crippen molar-refractivity contribution < 1.29 is 9.47 Å². The van der Waals surface area contributed by atoms with Crippen LogP contribution in [0.3, 0.4) is 0 Å². The first kappa shape index (κ1) is 23.2. The van der Waals surface area contributed by atoms with E-state index in [-0.39, 0.29) is 24.0 Å². The molecule has 1 aliphatic carbocycles. The van der Waals surface area contributed by atoms with Crippen LogP contribution in [0, 0.1) is 11.8 Å². The fourth-order valence-electron chi connectivity index (χ4n) is 3.23. The zero-order chi connectivity index (χ0) is 18.9. The minimum absolute atomic E-state index is 0. The molecule has 0 amide bonds. The zero-order valence-corrected chi connectivity index (χ0v) is 19.6. The quantitative estimate of drug-likeness (QED) is 0.317. The van der Waals surface area contributed by atoms with E-state index in [9.17, 15) is 0 Å². The van der Waals surface area contributed by atoms with Gasteiger partial charge >= 0.3 is 0 Å². The van der Waals surface area contributed by atoms with Crippen molar-refractivity contribution in [1.29, 1.82) is 0 Å². The molecule has 1 aromatic rings. The molecule has 28 heavy (non-hydrogen) atoms. The van der Waals surface area contributed by atoms with Crippen LogP contribution in [0.2, 0.25) is 0 Å². The van der Waals surface area contributed by atoms with Crippen LogP contribution in [0.15, 0.2) is 23.3 Å². The maximum absolute atomic E-state index is 5.70. The third-order valence-corrected chi connectivity index (χ3v) is 5.28. The second kappa shape index (κ2) is 12.5. The maximum atomic E-state index is 5.70. The molecule has 0 unspecified atom stereocenters. The molecule has 3 rings (SSSR count). The van der Waals surface area contributed by atoms with Crippen LogP contribution in [0.5, 0.6) is 5.88 Å². The summed E-state index contributed by atoms with van der Waals surface area (Å²) in [5.74, 6) is 3.20. The third-order valence-electron chi connectivity index (χ3n) is 5.28. The summed E-state index contributed by atoms with van der Waals surface area (Å²) < 4.78 is 11.2. The number of nitrogens with zero attached hydrogens (tertiary/aromatic N) is 3. The number of hydrogen-bond donors (Lipinski definition) is 1. The van der Waals surface area contributed by atoms with Crippen LogP contribution in [0.25, 0.3) is 0 Å². The molecule has 1 aromatic heterocycles. The lowest BCUT2D eigenvalue weighted by Gasteiger charge is -2.26. The molecule has 158 valence electrons. The molecule has 1 saturated carbocycles. The van der Waals surface area contributed by atoms with Crippen molar-refractivity contribution in [2.24, 2.45) is 16.8 Å². The predicted molar refractivity (Wildman–Crippen MR) is 123 cm³/mol. The fraction of sp³-hybridized carbons (Fsp3) is 0.714. The van der Waals surface area contributed by atoms with Gasteiger partial charge in [-0.3, -0.25) is 0 Å². The van der Waals surface area contributed by atoms with E-state index in [1.807, 2.05) is 12.3 Å². The monoisotopic (exact) mass is 502 g/mol. The van der Waals surface area contributed by atoms with Gasteiger partial charge in [-0.1, -0.05) is 6.07 Å². The number of nitrogens with one attached hydrogen (secondary N) is 1. The molecule has 2 fully saturated rings. The van der Waals surface area contributed by atoms with E-state index in [1.165, 1.54) is 32.1 Å². The Morgan fingerprint density at radius 3 is 2.68 bits per heavy atom. The van der Waals surface area contributed by atoms with Gasteiger partial charge in [0.25, 0.3) is 0 Å². The summed E-state index contributed by atoms with van der Waals surface area (Å²) in [5, 5.41) is 3.40. The summed E-state index contributed by atoms with van der Waals surface area (Å²) in [4.78, 5) is 11.4. The van der Waals surface area contributed by atoms with Crippen molar-refractivity contribution in [3.05, 3.63) is 23.9 Å². The Bertz CT molecular complexity index is 587. The first-order chi connectivity index (χ1) is 13.2. The molecule has 1 aliphatic heterocycles. The lowest BCUT2D eigenvalue weighted by molar-refractivity contribution is 0.0625. The Kier molecular flexibility index (Phi) is 10.3. The van der Waals surface area contributed by atoms with Gasteiger partial charge in [0.05, 0.1) is 13.2 Å². The third kappa shape index (κ3) is 8.11. The summed E-state index contributed by atoms with van der Waals surface area (Å²) in [6, 6.07) is 4.01. The van der Waals surface area contributed by atoms with Gasteiger partial charge < -0.3 is 19.7 Å². The minimum Gasteiger partial charge on any atom is -0.477 e. The molecule has 0 bridgehead atoms. The molecular formula is C21H35IN4O2. The molecule has 7 heteroatoms. The summed E-state index contributed by atoms with van der Waals surface area (Å²) in [6.45, 7) is 7.24. The largest absolute Gasteiger partial charge is 0.477 e. The van der Waals surface area contributed by atoms with Gasteiger partial charge in [0.2, 0.25) is 5.88 Å². The number of aliphatic imine (C=N–C) groups is 1. The van der Waals surface area contributed by atoms with E-state index < -0.39 is 0 Å². The Labute approximate surface area is 186 Å². The highest BCUT2D eigenvalue weighted by Gasteiger charge is 2.22. The van der Waals surface area contributed by atoms with E-state index in [1.54, 1.807) is 0 Å². The number of aromatic nitrogens is 1. The van der Waals surface area contributed by atoms with Gasteiger partial charge in [0.1, 0.15) is 0 Å². The Morgan fingerprint density at radius 2 is 2.04 bits per heavy atom. The molecule has 0 aromatic carbocycles. The van der Waals surface area contributed by atoms with E-state index in [2.05, 4.69) is 35.2 Å². The first-order valence-electron chi connectivity index (χ1n) is 10.4. The van der Waals surface area contributed by atoms with Gasteiger partial charge in [-0.25, -0.2) is 9.98 Å². The highest BCUT2D eigenvalue weighted by atomic mass is 127. The summed E-state index contributed by atoms with van der Waals surface area (Å²) in [5.41, 5.74) is 1.10. The van der Waals surface area contributed by atoms with Crippen LogP contribution in [0.4, 0.5) is 0 Å². The van der Waals surface area contributed by atoms with Crippen LogP contribution < -0.4 is 10.1 Å². The van der Waals surface area contributed by atoms with E-state index in [0.29, 0.717) is 6.54 Å². The highest BCUT2D eigenvalue weighted by Crippen LogP contribution is 2.29. The Balaban J connectivity index is 0.00000280. The predicted octanol–water partition coefficient (Wildman–Crippen LogP) is 3.70. The van der Waals surface area contributed by atoms with Crippen molar-refractivity contribution in [2.45, 2.75) is 45.6 Å². The van der Waals surface area contributed by atoms with Gasteiger partial charge in [0, 0.05) is 45.6 Å². The normalized spacial score (nSPS) is 17.7. The SMILES string of the molecule is CCNC(=NCc1ccc(OCC2CC2)nc1)N(C)CCC1CCOCC1.I. The molecule has 1 N–H and O–H groups in total. The Hall–Kier alpha value is -1.09. The average Bonchev–Trinajstić information content (AvgIpc) is 3.54. The molecule has 6 nitrogen and oxygen atoms in total. The van der Waals surface area contributed by atoms with Crippen LogP contribution >= 0.6 is 24.0 Å². The van der Waals surface area contributed by atoms with Crippen molar-refractivity contribution in [2.75, 3.05) is 40.0 Å². The first-order valence-corrected chi connectivity index (χ1v) is 10.4. The van der Waals surface area contributed by atoms with Crippen LogP contribution in [-0.2, 0) is 11.3 Å². The molecule has 0 spiro atoms. The molecular weight excluding hydrogens is 467 g/mol. The van der Waals surface area contributed by atoms with Gasteiger partial charge in [-0.05, 0) is 56.4 Å². The number of halogens is 1. The summed E-state index contributed by atoms with van der Waals surface area (Å²) >= 11 is 0. The summed E-state index contributed by atoms with van der Waals surface area (Å²) in [7, 11) is 2.12. The molecule has 1 saturated heterocycles. The number of rotatable bonds is 9. The summed E-state index contributed by atoms with van der Waals surface area (Å²) in [6.07, 6.45) is 8.02. The van der Waals surface area contributed by atoms with Crippen molar-refractivity contribution in [3.63, 3.8) is 0 Å². The topological polar surface area (TPSA) is 59.0 Å². The lowest BCUT2D eigenvalue weighted by atomic mass is 9.96. The fourth-order valence-corrected chi connectivity index (χ4v) is 3.23. The maximum Gasteiger partial charge on any atom is 0.213 e. The molecule has 0 radical (unpaired) electrons. The van der Waals surface area contributed by atoms with E-state index >= 15 is 0 Å². The second-order valence-corrected chi connectivity index (χ2v) is 7.70. The van der Waals surface area contributed by atoms with Gasteiger partial charge in [0.15, 0.2) is 5.96 Å². The zero-order valence-electron chi connectivity index (χ0n) is 17.2. The van der Waals surface area contributed by atoms with Crippen LogP contribution in [-0.4, -0.2) is 55.8 Å². The van der Waals surface area contributed by atoms with Crippen molar-refractivity contribution in [1.82, 2.24) is 15.2 Å². The molecule has 2 aliphatic rings. The second-order valence-electron chi connectivity index (χ2n) is 7.70. The minimum atomic E-state index is 0. The van der Waals surface area contributed by atoms with E-state index in [0.717, 1.165) is 62.1 Å².